The normalized spacial score (nSPS) is 15.7. The van der Waals surface area contributed by atoms with Gasteiger partial charge in [0.2, 0.25) is 5.91 Å². The van der Waals surface area contributed by atoms with E-state index in [0.717, 1.165) is 37.2 Å². The van der Waals surface area contributed by atoms with E-state index in [1.807, 2.05) is 7.05 Å². The van der Waals surface area contributed by atoms with E-state index in [-0.39, 0.29) is 12.5 Å². The lowest BCUT2D eigenvalue weighted by molar-refractivity contribution is -0.116. The van der Waals surface area contributed by atoms with Gasteiger partial charge in [-0.05, 0) is 19.3 Å². The highest BCUT2D eigenvalue weighted by molar-refractivity contribution is 5.81. The summed E-state index contributed by atoms with van der Waals surface area (Å²) in [7, 11) is 1.88. The molecule has 1 amide bonds. The van der Waals surface area contributed by atoms with Crippen LogP contribution in [0, 0.1) is 0 Å². The first kappa shape index (κ1) is 14.7. The molecule has 20 heavy (non-hydrogen) atoms. The minimum atomic E-state index is -0.324. The molecule has 1 aliphatic carbocycles. The molecule has 6 heteroatoms. The summed E-state index contributed by atoms with van der Waals surface area (Å²) in [5, 5.41) is 4.50. The van der Waals surface area contributed by atoms with Gasteiger partial charge in [0, 0.05) is 13.1 Å². The van der Waals surface area contributed by atoms with Gasteiger partial charge >= 0.3 is 0 Å². The number of carbonyl (C=O) groups excluding carboxylic acids is 1. The molecular weight excluding hydrogens is 254 g/mol. The molecule has 0 saturated heterocycles. The average Bonchev–Trinajstić information content (AvgIpc) is 2.98. The lowest BCUT2D eigenvalue weighted by atomic mass is 10.2. The molecule has 0 bridgehead atoms. The highest BCUT2D eigenvalue weighted by atomic mass is 16.1. The molecule has 0 radical (unpaired) electrons. The molecule has 6 nitrogen and oxygen atoms in total. The van der Waals surface area contributed by atoms with Crippen LogP contribution in [0.5, 0.6) is 0 Å². The lowest BCUT2D eigenvalue weighted by Crippen LogP contribution is -2.41. The van der Waals surface area contributed by atoms with Gasteiger partial charge in [-0.15, -0.1) is 0 Å². The Hall–Kier alpha value is -1.72. The minimum absolute atomic E-state index is 0.208. The van der Waals surface area contributed by atoms with E-state index in [9.17, 15) is 4.79 Å². The fourth-order valence-corrected chi connectivity index (χ4v) is 3.11. The second kappa shape index (κ2) is 6.15. The van der Waals surface area contributed by atoms with Gasteiger partial charge in [-0.1, -0.05) is 26.2 Å². The maximum absolute atomic E-state index is 11.4. The van der Waals surface area contributed by atoms with Gasteiger partial charge < -0.3 is 16.4 Å². The molecule has 0 aromatic carbocycles. The number of nitrogens with zero attached hydrogens (tertiary/aromatic N) is 3. The standard InChI is InChI=1S/C14H25N5O/c1-3-6-11-13(16)14(18(2)17-11)19(9-12(15)20)10-7-4-5-8-10/h10H,3-9,16H2,1-2H3,(H2,15,20). The minimum Gasteiger partial charge on any atom is -0.394 e. The van der Waals surface area contributed by atoms with Gasteiger partial charge in [0.15, 0.2) is 5.82 Å². The monoisotopic (exact) mass is 279 g/mol. The molecule has 1 aliphatic rings. The van der Waals surface area contributed by atoms with Crippen LogP contribution in [-0.4, -0.2) is 28.3 Å². The lowest BCUT2D eigenvalue weighted by Gasteiger charge is -2.30. The van der Waals surface area contributed by atoms with E-state index in [1.165, 1.54) is 12.8 Å². The first-order chi connectivity index (χ1) is 9.54. The number of hydrogen-bond donors (Lipinski definition) is 2. The largest absolute Gasteiger partial charge is 0.394 e. The number of carbonyl (C=O) groups is 1. The van der Waals surface area contributed by atoms with Crippen LogP contribution in [-0.2, 0) is 18.3 Å². The van der Waals surface area contributed by atoms with Crippen LogP contribution in [0.3, 0.4) is 0 Å². The maximum Gasteiger partial charge on any atom is 0.237 e. The Morgan fingerprint density at radius 2 is 2.10 bits per heavy atom. The molecule has 1 fully saturated rings. The number of hydrogen-bond acceptors (Lipinski definition) is 4. The van der Waals surface area contributed by atoms with Gasteiger partial charge in [0.05, 0.1) is 17.9 Å². The molecule has 1 aromatic heterocycles. The van der Waals surface area contributed by atoms with Crippen LogP contribution in [0.4, 0.5) is 11.5 Å². The molecule has 0 aliphatic heterocycles. The molecule has 2 rings (SSSR count). The Labute approximate surface area is 120 Å². The highest BCUT2D eigenvalue weighted by Crippen LogP contribution is 2.33. The third-order valence-corrected chi connectivity index (χ3v) is 3.98. The van der Waals surface area contributed by atoms with E-state index in [0.29, 0.717) is 11.7 Å². The average molecular weight is 279 g/mol. The smallest absolute Gasteiger partial charge is 0.237 e. The molecule has 4 N–H and O–H groups in total. The Balaban J connectivity index is 2.34. The molecular formula is C14H25N5O. The number of anilines is 2. The zero-order valence-corrected chi connectivity index (χ0v) is 12.4. The molecule has 1 aromatic rings. The quantitative estimate of drug-likeness (QED) is 0.818. The van der Waals surface area contributed by atoms with E-state index in [1.54, 1.807) is 4.68 Å². The summed E-state index contributed by atoms with van der Waals surface area (Å²) in [5.74, 6) is 0.522. The number of nitrogen functional groups attached to an aromatic ring is 1. The fourth-order valence-electron chi connectivity index (χ4n) is 3.11. The summed E-state index contributed by atoms with van der Waals surface area (Å²) in [6, 6.07) is 0.342. The van der Waals surface area contributed by atoms with E-state index < -0.39 is 0 Å². The van der Waals surface area contributed by atoms with Gasteiger partial charge in [0.25, 0.3) is 0 Å². The van der Waals surface area contributed by atoms with Crippen molar-refractivity contribution >= 4 is 17.4 Å². The zero-order chi connectivity index (χ0) is 14.7. The Bertz CT molecular complexity index is 476. The van der Waals surface area contributed by atoms with Crippen LogP contribution >= 0.6 is 0 Å². The van der Waals surface area contributed by atoms with Crippen LogP contribution < -0.4 is 16.4 Å². The van der Waals surface area contributed by atoms with Crippen molar-refractivity contribution in [3.63, 3.8) is 0 Å². The van der Waals surface area contributed by atoms with E-state index in [2.05, 4.69) is 16.9 Å². The van der Waals surface area contributed by atoms with Crippen molar-refractivity contribution < 1.29 is 4.79 Å². The van der Waals surface area contributed by atoms with Crippen molar-refractivity contribution in [1.82, 2.24) is 9.78 Å². The SMILES string of the molecule is CCCc1nn(C)c(N(CC(N)=O)C2CCCC2)c1N. The zero-order valence-electron chi connectivity index (χ0n) is 12.4. The highest BCUT2D eigenvalue weighted by Gasteiger charge is 2.28. The Morgan fingerprint density at radius 1 is 1.45 bits per heavy atom. The summed E-state index contributed by atoms with van der Waals surface area (Å²) in [5.41, 5.74) is 13.3. The van der Waals surface area contributed by atoms with Gasteiger partial charge in [-0.25, -0.2) is 0 Å². The topological polar surface area (TPSA) is 90.2 Å². The van der Waals surface area contributed by atoms with Gasteiger partial charge in [0.1, 0.15) is 0 Å². The van der Waals surface area contributed by atoms with Gasteiger partial charge in [-0.3, -0.25) is 9.48 Å². The molecule has 0 unspecified atom stereocenters. The first-order valence-electron chi connectivity index (χ1n) is 7.40. The maximum atomic E-state index is 11.4. The predicted molar refractivity (Wildman–Crippen MR) is 80.4 cm³/mol. The Morgan fingerprint density at radius 3 is 2.65 bits per heavy atom. The summed E-state index contributed by atoms with van der Waals surface area (Å²) in [6.07, 6.45) is 6.41. The molecule has 112 valence electrons. The summed E-state index contributed by atoms with van der Waals surface area (Å²) in [4.78, 5) is 13.5. The summed E-state index contributed by atoms with van der Waals surface area (Å²) in [6.45, 7) is 2.31. The summed E-state index contributed by atoms with van der Waals surface area (Å²) >= 11 is 0. The third-order valence-electron chi connectivity index (χ3n) is 3.98. The molecule has 1 heterocycles. The number of rotatable bonds is 6. The van der Waals surface area contributed by atoms with Crippen LogP contribution in [0.15, 0.2) is 0 Å². The molecule has 0 atom stereocenters. The predicted octanol–water partition coefficient (Wildman–Crippen LogP) is 1.19. The van der Waals surface area contributed by atoms with Crippen molar-refractivity contribution in [2.75, 3.05) is 17.2 Å². The van der Waals surface area contributed by atoms with Crippen molar-refractivity contribution in [1.29, 1.82) is 0 Å². The molecule has 0 spiro atoms. The van der Waals surface area contributed by atoms with E-state index >= 15 is 0 Å². The number of aryl methyl sites for hydroxylation is 2. The summed E-state index contributed by atoms with van der Waals surface area (Å²) < 4.78 is 1.79. The Kier molecular flexibility index (Phi) is 4.52. The number of nitrogens with two attached hydrogens (primary N) is 2. The second-order valence-corrected chi connectivity index (χ2v) is 5.59. The van der Waals surface area contributed by atoms with Crippen molar-refractivity contribution in [3.8, 4) is 0 Å². The van der Waals surface area contributed by atoms with Gasteiger partial charge in [-0.2, -0.15) is 5.10 Å². The number of primary amides is 1. The fraction of sp³-hybridized carbons (Fsp3) is 0.714. The van der Waals surface area contributed by atoms with Crippen molar-refractivity contribution in [3.05, 3.63) is 5.69 Å². The number of amides is 1. The third kappa shape index (κ3) is 2.89. The van der Waals surface area contributed by atoms with Crippen molar-refractivity contribution in [2.45, 2.75) is 51.5 Å². The van der Waals surface area contributed by atoms with Crippen molar-refractivity contribution in [2.24, 2.45) is 12.8 Å². The second-order valence-electron chi connectivity index (χ2n) is 5.59. The van der Waals surface area contributed by atoms with Crippen LogP contribution in [0.2, 0.25) is 0 Å². The van der Waals surface area contributed by atoms with Crippen LogP contribution in [0.25, 0.3) is 0 Å². The van der Waals surface area contributed by atoms with E-state index in [4.69, 9.17) is 11.5 Å². The number of aromatic nitrogens is 2. The molecule has 1 saturated carbocycles. The van der Waals surface area contributed by atoms with Crippen LogP contribution in [0.1, 0.15) is 44.7 Å². The first-order valence-corrected chi connectivity index (χ1v) is 7.40.